The fourth-order valence-corrected chi connectivity index (χ4v) is 11.1. The largest absolute Gasteiger partial charge is 0.480 e. The molecule has 0 saturated carbocycles. The summed E-state index contributed by atoms with van der Waals surface area (Å²) in [5.41, 5.74) is 46.1. The molecule has 0 spiro atoms. The van der Waals surface area contributed by atoms with Crippen LogP contribution < -0.4 is 110 Å². The molecular formula is C68H111N23O14. The number of carboxylic acid groups (broad SMARTS) is 1. The molecule has 1 heterocycles. The number of nitrogens with two attached hydrogens (primary N) is 8. The van der Waals surface area contributed by atoms with Crippen LogP contribution in [0.1, 0.15) is 136 Å². The van der Waals surface area contributed by atoms with Crippen molar-refractivity contribution >= 4 is 100 Å². The number of fused-ring (bicyclic) bond motifs is 1. The van der Waals surface area contributed by atoms with Gasteiger partial charge in [-0.3, -0.25) is 53.1 Å². The van der Waals surface area contributed by atoms with E-state index in [9.17, 15) is 62.6 Å². The fraction of sp³-hybridized carbons (Fsp3) is 0.574. The van der Waals surface area contributed by atoms with Gasteiger partial charge in [-0.2, -0.15) is 0 Å². The molecule has 0 aliphatic rings. The van der Waals surface area contributed by atoms with Crippen molar-refractivity contribution in [2.75, 3.05) is 32.7 Å². The monoisotopic (exact) mass is 1470 g/mol. The van der Waals surface area contributed by atoms with Gasteiger partial charge in [0.25, 0.3) is 0 Å². The Morgan fingerprint density at radius 2 is 0.714 bits per heavy atom. The molecule has 3 rings (SSSR count). The lowest BCUT2D eigenvalue weighted by Gasteiger charge is -2.29. The van der Waals surface area contributed by atoms with E-state index in [0.717, 1.165) is 0 Å². The first-order chi connectivity index (χ1) is 49.6. The summed E-state index contributed by atoms with van der Waals surface area (Å²) >= 11 is 0. The Morgan fingerprint density at radius 1 is 0.390 bits per heavy atom. The van der Waals surface area contributed by atoms with Crippen LogP contribution in [0.15, 0.2) is 70.8 Å². The van der Waals surface area contributed by atoms with Crippen LogP contribution in [0, 0.1) is 17.8 Å². The first kappa shape index (κ1) is 88.2. The third-order valence-corrected chi connectivity index (χ3v) is 16.3. The van der Waals surface area contributed by atoms with Crippen molar-refractivity contribution in [3.63, 3.8) is 0 Å². The topological polar surface area (TPSA) is 635 Å². The molecule has 0 aliphatic heterocycles. The zero-order valence-electron chi connectivity index (χ0n) is 60.7. The van der Waals surface area contributed by atoms with E-state index in [4.69, 9.17) is 45.9 Å². The van der Waals surface area contributed by atoms with Crippen molar-refractivity contribution in [3.05, 3.63) is 71.9 Å². The van der Waals surface area contributed by atoms with Gasteiger partial charge in [-0.1, -0.05) is 90.1 Å². The molecule has 30 N–H and O–H groups in total. The van der Waals surface area contributed by atoms with Crippen molar-refractivity contribution in [2.45, 2.75) is 198 Å². The van der Waals surface area contributed by atoms with Gasteiger partial charge in [0.05, 0.1) is 6.04 Å². The third kappa shape index (κ3) is 35.2. The van der Waals surface area contributed by atoms with Crippen LogP contribution in [0.4, 0.5) is 14.4 Å². The third-order valence-electron chi connectivity index (χ3n) is 16.3. The van der Waals surface area contributed by atoms with Gasteiger partial charge in [-0.25, -0.2) is 19.2 Å². The van der Waals surface area contributed by atoms with Crippen LogP contribution in [0.25, 0.3) is 10.9 Å². The van der Waals surface area contributed by atoms with Crippen molar-refractivity contribution in [1.82, 2.24) is 68.8 Å². The van der Waals surface area contributed by atoms with Gasteiger partial charge in [0.2, 0.25) is 53.2 Å². The van der Waals surface area contributed by atoms with Crippen LogP contribution in [0.3, 0.4) is 0 Å². The van der Waals surface area contributed by atoms with E-state index < -0.39 is 138 Å². The van der Waals surface area contributed by atoms with Gasteiger partial charge < -0.3 is 120 Å². The number of amides is 15. The van der Waals surface area contributed by atoms with E-state index in [1.807, 2.05) is 0 Å². The maximum Gasteiger partial charge on any atom is 0.326 e. The predicted octanol–water partition coefficient (Wildman–Crippen LogP) is -2.68. The van der Waals surface area contributed by atoms with Gasteiger partial charge in [0.15, 0.2) is 11.9 Å². The second-order valence-corrected chi connectivity index (χ2v) is 26.8. The highest BCUT2D eigenvalue weighted by Crippen LogP contribution is 2.21. The Kier molecular flexibility index (Phi) is 39.1. The molecule has 10 atom stereocenters. The first-order valence-corrected chi connectivity index (χ1v) is 35.2. The molecule has 37 heteroatoms. The minimum Gasteiger partial charge on any atom is -0.480 e. The molecule has 0 fully saturated rings. The molecule has 1 aromatic heterocycles. The smallest absolute Gasteiger partial charge is 0.326 e. The molecule has 2 aromatic carbocycles. The number of urea groups is 3. The molecule has 0 aliphatic carbocycles. The lowest BCUT2D eigenvalue weighted by Crippen LogP contribution is -2.61. The molecule has 0 unspecified atom stereocenters. The fourth-order valence-electron chi connectivity index (χ4n) is 11.1. The molecule has 3 aromatic rings. The second-order valence-electron chi connectivity index (χ2n) is 26.8. The zero-order chi connectivity index (χ0) is 78.3. The van der Waals surface area contributed by atoms with Gasteiger partial charge >= 0.3 is 24.1 Å². The summed E-state index contributed by atoms with van der Waals surface area (Å²) in [4.78, 5) is 189. The number of aliphatic imine (C=N–C) groups is 2. The van der Waals surface area contributed by atoms with Gasteiger partial charge in [-0.05, 0) is 118 Å². The number of primary amides is 3. The number of aliphatic carboxylic acids is 1. The number of rotatable bonds is 49. The predicted molar refractivity (Wildman–Crippen MR) is 394 cm³/mol. The number of H-pyrrole nitrogens is 1. The number of para-hydroxylation sites is 1. The van der Waals surface area contributed by atoms with Gasteiger partial charge in [0, 0.05) is 62.7 Å². The molecule has 37 nitrogen and oxygen atoms in total. The first-order valence-electron chi connectivity index (χ1n) is 35.2. The molecular weight excluding hydrogens is 1360 g/mol. The maximum atomic E-state index is 15.1. The standard InChI is InChI=1S/C68H111N23O14/c1-37(2)31-49(59(97)85-46(24-15-29-80-67(75)104)55(93)84-48(25-16-30-81-68(76)105)58(96)91-53(63(101)102)34-40-17-8-7-9-18-40)89-60(98)50(32-38(3)4)88-57(95)47(22-13-27-78-65(72)73)86-62(100)52(35-41-36-82-44-21-11-10-19-42(41)44)90-61(99)51(33-39(5)6)87-56(94)45(23-14-28-79-66(74)103)83-54(92)43(69)20-12-26-77-64(70)71/h7-11,17-19,21,36-39,43,45-53,82H,12-16,20,22-35,69H2,1-6H3,(H,83,92)(H,84,93)(H,85,97)(H,86,100)(H,87,94)(H,88,95)(H,89,98)(H,90,99)(H,91,96)(H,101,102)(H4,70,71,77)(H4,72,73,78)(H3,74,79,103)(H3,75,80,104)(H3,76,81,105)/t43-,45-,46-,47-,48-,49-,50-,51-,52-,53-/m0/s1. The Labute approximate surface area is 610 Å². The number of aromatic nitrogens is 1. The SMILES string of the molecule is CC(C)C[C@H](NC(=O)[C@H](CC(C)C)NC(=O)[C@H](CCCN=C(N)N)NC(=O)[C@H](Cc1c[nH]c2ccccc12)NC(=O)[C@H](CC(C)C)NC(=O)[C@H](CCCNC(N)=O)NC(=O)[C@@H](N)CCCN=C(N)N)C(=O)N[C@@H](CCCNC(N)=O)C(=O)N[C@@H](CCCNC(N)=O)C(=O)N[C@@H](Cc1ccccc1)C(=O)O. The number of carbonyl (C=O) groups is 13. The summed E-state index contributed by atoms with van der Waals surface area (Å²) in [5.74, 6) is -10.3. The Bertz CT molecular complexity index is 3420. The minimum absolute atomic E-state index is 0.0166. The number of hydrogen-bond donors (Lipinski definition) is 22. The second kappa shape index (κ2) is 46.6. The van der Waals surface area contributed by atoms with Crippen molar-refractivity contribution in [1.29, 1.82) is 0 Å². The van der Waals surface area contributed by atoms with E-state index in [1.54, 1.807) is 102 Å². The van der Waals surface area contributed by atoms with E-state index >= 15 is 4.79 Å². The van der Waals surface area contributed by atoms with Crippen LogP contribution >= 0.6 is 0 Å². The number of carboxylic acids is 1. The van der Waals surface area contributed by atoms with E-state index in [1.165, 1.54) is 0 Å². The lowest BCUT2D eigenvalue weighted by atomic mass is 9.98. The van der Waals surface area contributed by atoms with Crippen LogP contribution in [-0.4, -0.2) is 192 Å². The summed E-state index contributed by atoms with van der Waals surface area (Å²) in [7, 11) is 0. The number of guanidine groups is 2. The zero-order valence-corrected chi connectivity index (χ0v) is 60.7. The molecule has 582 valence electrons. The maximum absolute atomic E-state index is 15.1. The van der Waals surface area contributed by atoms with E-state index in [-0.39, 0.29) is 152 Å². The number of nitrogens with zero attached hydrogens (tertiary/aromatic N) is 2. The summed E-state index contributed by atoms with van der Waals surface area (Å²) < 4.78 is 0. The van der Waals surface area contributed by atoms with Crippen molar-refractivity contribution in [3.8, 4) is 0 Å². The summed E-state index contributed by atoms with van der Waals surface area (Å²) in [6.07, 6.45) is 1.52. The van der Waals surface area contributed by atoms with E-state index in [2.05, 4.69) is 78.8 Å². The van der Waals surface area contributed by atoms with Gasteiger partial charge in [-0.15, -0.1) is 0 Å². The highest BCUT2D eigenvalue weighted by atomic mass is 16.4. The number of carbonyl (C=O) groups excluding carboxylic acids is 12. The number of hydrogen-bond acceptors (Lipinski definition) is 16. The van der Waals surface area contributed by atoms with E-state index in [0.29, 0.717) is 28.5 Å². The Balaban J connectivity index is 2.06. The highest BCUT2D eigenvalue weighted by Gasteiger charge is 2.37. The van der Waals surface area contributed by atoms with Crippen LogP contribution in [-0.2, 0) is 60.8 Å². The highest BCUT2D eigenvalue weighted by molar-refractivity contribution is 5.99. The molecule has 105 heavy (non-hydrogen) atoms. The molecule has 0 bridgehead atoms. The molecule has 0 radical (unpaired) electrons. The van der Waals surface area contributed by atoms with Gasteiger partial charge in [0.1, 0.15) is 54.4 Å². The quantitative estimate of drug-likeness (QED) is 0.0156. The lowest BCUT2D eigenvalue weighted by molar-refractivity contribution is -0.142. The normalized spacial score (nSPS) is 14.0. The average Bonchev–Trinajstić information content (AvgIpc) is 1.74. The summed E-state index contributed by atoms with van der Waals surface area (Å²) in [6, 6.07) is -0.842. The van der Waals surface area contributed by atoms with Crippen molar-refractivity contribution < 1.29 is 67.4 Å². The average molecular weight is 1470 g/mol. The summed E-state index contributed by atoms with van der Waals surface area (Å²) in [5, 5.41) is 42.3. The number of benzene rings is 2. The van der Waals surface area contributed by atoms with Crippen LogP contribution in [0.5, 0.6) is 0 Å². The number of aromatic amines is 1. The van der Waals surface area contributed by atoms with Crippen molar-refractivity contribution in [2.24, 2.45) is 73.6 Å². The Hall–Kier alpha value is -11.0. The Morgan fingerprint density at radius 3 is 1.10 bits per heavy atom. The van der Waals surface area contributed by atoms with Crippen LogP contribution in [0.2, 0.25) is 0 Å². The number of nitrogens with one attached hydrogen (secondary N) is 13. The molecule has 0 saturated heterocycles. The minimum atomic E-state index is -1.48. The summed E-state index contributed by atoms with van der Waals surface area (Å²) in [6.45, 7) is 10.7. The molecule has 15 amide bonds.